The summed E-state index contributed by atoms with van der Waals surface area (Å²) in [6, 6.07) is 7.36. The summed E-state index contributed by atoms with van der Waals surface area (Å²) in [5, 5.41) is 0. The molecule has 0 aliphatic rings. The Labute approximate surface area is 153 Å². The van der Waals surface area contributed by atoms with Crippen LogP contribution < -0.4 is 0 Å². The number of ketones is 1. The molecular formula is C19H23NO5S. The minimum Gasteiger partial charge on any atom is -0.454 e. The molecule has 7 heteroatoms. The lowest BCUT2D eigenvalue weighted by Gasteiger charge is -2.08. The largest absolute Gasteiger partial charge is 0.454 e. The van der Waals surface area contributed by atoms with Gasteiger partial charge in [-0.05, 0) is 44.5 Å². The topological polar surface area (TPSA) is 82.4 Å². The highest BCUT2D eigenvalue weighted by molar-refractivity contribution is 7.90. The monoisotopic (exact) mass is 377 g/mol. The van der Waals surface area contributed by atoms with E-state index in [1.165, 1.54) is 24.3 Å². The molecule has 1 aromatic heterocycles. The lowest BCUT2D eigenvalue weighted by atomic mass is 10.1. The maximum atomic E-state index is 12.4. The van der Waals surface area contributed by atoms with Crippen molar-refractivity contribution in [3.05, 3.63) is 52.8 Å². The van der Waals surface area contributed by atoms with Gasteiger partial charge in [0, 0.05) is 29.8 Å². The van der Waals surface area contributed by atoms with Gasteiger partial charge >= 0.3 is 5.97 Å². The fraction of sp³-hybridized carbons (Fsp3) is 0.368. The van der Waals surface area contributed by atoms with Crippen molar-refractivity contribution < 1.29 is 22.7 Å². The fourth-order valence-corrected chi connectivity index (χ4v) is 3.46. The predicted molar refractivity (Wildman–Crippen MR) is 98.4 cm³/mol. The van der Waals surface area contributed by atoms with Crippen LogP contribution in [0.15, 0.2) is 35.2 Å². The van der Waals surface area contributed by atoms with Crippen LogP contribution in [0.5, 0.6) is 0 Å². The molecule has 0 amide bonds. The first-order valence-corrected chi connectivity index (χ1v) is 10.2. The van der Waals surface area contributed by atoms with E-state index in [1.807, 2.05) is 13.8 Å². The minimum absolute atomic E-state index is 0.0291. The van der Waals surface area contributed by atoms with E-state index in [2.05, 4.69) is 11.5 Å². The lowest BCUT2D eigenvalue weighted by Crippen LogP contribution is -2.15. The molecule has 2 rings (SSSR count). The van der Waals surface area contributed by atoms with E-state index in [4.69, 9.17) is 4.74 Å². The Bertz CT molecular complexity index is 941. The van der Waals surface area contributed by atoms with Crippen molar-refractivity contribution in [2.24, 2.45) is 0 Å². The van der Waals surface area contributed by atoms with E-state index in [9.17, 15) is 18.0 Å². The number of aryl methyl sites for hydroxylation is 1. The molecule has 140 valence electrons. The van der Waals surface area contributed by atoms with Gasteiger partial charge in [0.1, 0.15) is 0 Å². The van der Waals surface area contributed by atoms with Crippen molar-refractivity contribution in [1.29, 1.82) is 0 Å². The van der Waals surface area contributed by atoms with Crippen LogP contribution >= 0.6 is 0 Å². The number of carbonyl (C=O) groups is 2. The van der Waals surface area contributed by atoms with Gasteiger partial charge in [-0.2, -0.15) is 0 Å². The number of carbonyl (C=O) groups excluding carboxylic acids is 2. The van der Waals surface area contributed by atoms with Gasteiger partial charge in [-0.15, -0.1) is 0 Å². The third kappa shape index (κ3) is 4.40. The van der Waals surface area contributed by atoms with Gasteiger partial charge in [-0.3, -0.25) is 4.79 Å². The lowest BCUT2D eigenvalue weighted by molar-refractivity contribution is 0.0474. The molecule has 1 heterocycles. The summed E-state index contributed by atoms with van der Waals surface area (Å²) in [6.07, 6.45) is 2.02. The summed E-state index contributed by atoms with van der Waals surface area (Å²) < 4.78 is 30.3. The van der Waals surface area contributed by atoms with Gasteiger partial charge in [0.15, 0.2) is 16.4 Å². The molecule has 0 fully saturated rings. The second-order valence-electron chi connectivity index (χ2n) is 6.24. The van der Waals surface area contributed by atoms with Crippen LogP contribution in [-0.2, 0) is 21.1 Å². The van der Waals surface area contributed by atoms with E-state index in [1.54, 1.807) is 6.07 Å². The minimum atomic E-state index is -3.42. The van der Waals surface area contributed by atoms with Crippen LogP contribution in [0.25, 0.3) is 0 Å². The molecule has 0 atom stereocenters. The molecule has 1 aromatic carbocycles. The summed E-state index contributed by atoms with van der Waals surface area (Å²) in [5.41, 5.74) is 2.47. The number of esters is 1. The summed E-state index contributed by atoms with van der Waals surface area (Å²) in [5.74, 6) is -1.01. The molecule has 0 bridgehead atoms. The molecular weight excluding hydrogens is 354 g/mol. The van der Waals surface area contributed by atoms with E-state index in [0.717, 1.165) is 30.6 Å². The zero-order valence-corrected chi connectivity index (χ0v) is 16.2. The first-order chi connectivity index (χ1) is 12.1. The molecule has 0 aliphatic heterocycles. The van der Waals surface area contributed by atoms with E-state index >= 15 is 0 Å². The predicted octanol–water partition coefficient (Wildman–Crippen LogP) is 2.96. The van der Waals surface area contributed by atoms with Crippen LogP contribution in [0.2, 0.25) is 0 Å². The van der Waals surface area contributed by atoms with Crippen molar-refractivity contribution in [1.82, 2.24) is 4.57 Å². The zero-order valence-electron chi connectivity index (χ0n) is 15.4. The van der Waals surface area contributed by atoms with Crippen molar-refractivity contribution in [2.45, 2.75) is 38.6 Å². The second kappa shape index (κ2) is 7.86. The molecule has 2 aromatic rings. The van der Waals surface area contributed by atoms with Crippen LogP contribution in [-0.4, -0.2) is 37.6 Å². The molecule has 0 saturated carbocycles. The third-order valence-corrected chi connectivity index (χ3v) is 5.26. The van der Waals surface area contributed by atoms with Crippen LogP contribution in [0, 0.1) is 13.8 Å². The second-order valence-corrected chi connectivity index (χ2v) is 8.25. The number of Topliss-reactive ketones (excluding diaryl/α,β-unsaturated/α-hetero) is 1. The van der Waals surface area contributed by atoms with E-state index < -0.39 is 22.4 Å². The molecule has 0 saturated heterocycles. The number of aromatic nitrogens is 1. The van der Waals surface area contributed by atoms with Gasteiger partial charge in [0.25, 0.3) is 0 Å². The van der Waals surface area contributed by atoms with Crippen molar-refractivity contribution >= 4 is 21.6 Å². The van der Waals surface area contributed by atoms with Crippen molar-refractivity contribution in [3.8, 4) is 0 Å². The highest BCUT2D eigenvalue weighted by Gasteiger charge is 2.18. The van der Waals surface area contributed by atoms with Crippen molar-refractivity contribution in [3.63, 3.8) is 0 Å². The highest BCUT2D eigenvalue weighted by atomic mass is 32.2. The number of ether oxygens (including phenoxy) is 1. The molecule has 0 spiro atoms. The summed E-state index contributed by atoms with van der Waals surface area (Å²) in [4.78, 5) is 24.6. The first kappa shape index (κ1) is 19.9. The number of hydrogen-bond acceptors (Lipinski definition) is 5. The van der Waals surface area contributed by atoms with Crippen LogP contribution in [0.4, 0.5) is 0 Å². The quantitative estimate of drug-likeness (QED) is 0.547. The van der Waals surface area contributed by atoms with Gasteiger partial charge in [-0.25, -0.2) is 13.2 Å². The Morgan fingerprint density at radius 3 is 2.46 bits per heavy atom. The molecule has 0 aliphatic carbocycles. The molecule has 0 N–H and O–H groups in total. The summed E-state index contributed by atoms with van der Waals surface area (Å²) >= 11 is 0. The zero-order chi connectivity index (χ0) is 19.5. The van der Waals surface area contributed by atoms with Gasteiger partial charge in [0.2, 0.25) is 5.78 Å². The maximum absolute atomic E-state index is 12.4. The average molecular weight is 377 g/mol. The first-order valence-electron chi connectivity index (χ1n) is 8.32. The Morgan fingerprint density at radius 2 is 1.85 bits per heavy atom. The van der Waals surface area contributed by atoms with Crippen molar-refractivity contribution in [2.75, 3.05) is 12.9 Å². The van der Waals surface area contributed by atoms with E-state index in [-0.39, 0.29) is 16.2 Å². The summed E-state index contributed by atoms with van der Waals surface area (Å²) in [6.45, 7) is 6.30. The Morgan fingerprint density at radius 1 is 1.15 bits per heavy atom. The Hall–Kier alpha value is -2.41. The molecule has 26 heavy (non-hydrogen) atoms. The third-order valence-electron chi connectivity index (χ3n) is 4.15. The fourth-order valence-electron chi connectivity index (χ4n) is 2.80. The van der Waals surface area contributed by atoms with Crippen LogP contribution in [0.1, 0.15) is 45.4 Å². The average Bonchev–Trinajstić information content (AvgIpc) is 2.87. The number of hydrogen-bond donors (Lipinski definition) is 0. The Balaban J connectivity index is 2.11. The maximum Gasteiger partial charge on any atom is 0.338 e. The van der Waals surface area contributed by atoms with Gasteiger partial charge < -0.3 is 9.30 Å². The molecule has 6 nitrogen and oxygen atoms in total. The number of benzene rings is 1. The van der Waals surface area contributed by atoms with Gasteiger partial charge in [0.05, 0.1) is 10.5 Å². The SMILES string of the molecule is CCCn1c(C)cc(C(=O)COC(=O)c2cccc(S(C)(=O)=O)c2)c1C. The number of sulfone groups is 1. The van der Waals surface area contributed by atoms with Gasteiger partial charge in [-0.1, -0.05) is 13.0 Å². The highest BCUT2D eigenvalue weighted by Crippen LogP contribution is 2.17. The summed E-state index contributed by atoms with van der Waals surface area (Å²) in [7, 11) is -3.42. The molecule has 0 radical (unpaired) electrons. The van der Waals surface area contributed by atoms with Crippen LogP contribution in [0.3, 0.4) is 0 Å². The normalized spacial score (nSPS) is 11.4. The Kier molecular flexibility index (Phi) is 6.02. The smallest absolute Gasteiger partial charge is 0.338 e. The number of nitrogens with zero attached hydrogens (tertiary/aromatic N) is 1. The standard InChI is InChI=1S/C19H23NO5S/c1-5-9-20-13(2)10-17(14(20)3)18(21)12-25-19(22)15-7-6-8-16(11-15)26(4,23)24/h6-8,10-11H,5,9,12H2,1-4H3. The van der Waals surface area contributed by atoms with E-state index in [0.29, 0.717) is 5.56 Å². The molecule has 0 unspecified atom stereocenters. The number of rotatable bonds is 7.